The number of rotatable bonds is 9. The Morgan fingerprint density at radius 2 is 1.24 bits per heavy atom. The Morgan fingerprint density at radius 1 is 0.758 bits per heavy atom. The Kier molecular flexibility index (Phi) is 7.64. The van der Waals surface area contributed by atoms with E-state index in [0.717, 1.165) is 0 Å². The fourth-order valence-corrected chi connectivity index (χ4v) is 3.00. The van der Waals surface area contributed by atoms with E-state index in [1.807, 2.05) is 0 Å². The molecule has 0 heterocycles. The predicted molar refractivity (Wildman–Crippen MR) is 117 cm³/mol. The number of hydrogen-bond donors (Lipinski definition) is 1. The first-order valence-electron chi connectivity index (χ1n) is 10.0. The molecule has 3 aromatic rings. The first-order chi connectivity index (χ1) is 15.9. The lowest BCUT2D eigenvalue weighted by molar-refractivity contribution is -0.308. The van der Waals surface area contributed by atoms with Crippen molar-refractivity contribution in [3.63, 3.8) is 0 Å². The molecule has 0 saturated carbocycles. The summed E-state index contributed by atoms with van der Waals surface area (Å²) in [5.74, 6) is -0.992. The highest BCUT2D eigenvalue weighted by Gasteiger charge is 2.16. The van der Waals surface area contributed by atoms with Crippen LogP contribution >= 0.6 is 0 Å². The lowest BCUT2D eigenvalue weighted by atomic mass is 10.1. The van der Waals surface area contributed by atoms with Gasteiger partial charge in [-0.1, -0.05) is 12.1 Å². The number of ether oxygens (including phenoxy) is 3. The van der Waals surface area contributed by atoms with Crippen molar-refractivity contribution in [3.05, 3.63) is 89.5 Å². The summed E-state index contributed by atoms with van der Waals surface area (Å²) < 4.78 is 15.4. The molecule has 0 aliphatic heterocycles. The SMILES string of the molecule is COc1ccc(C(=O)NC(Cc2ccc(OC(=O)c3ccc(OC)cc3)cc2)C(=O)[O-])cc1. The molecule has 1 N–H and O–H groups in total. The normalized spacial score (nSPS) is 11.2. The zero-order valence-electron chi connectivity index (χ0n) is 18.1. The molecular weight excluding hydrogens is 426 g/mol. The second kappa shape index (κ2) is 10.8. The van der Waals surface area contributed by atoms with Gasteiger partial charge in [-0.05, 0) is 72.6 Å². The van der Waals surface area contributed by atoms with E-state index in [0.29, 0.717) is 33.9 Å². The topological polar surface area (TPSA) is 114 Å². The second-order valence-electron chi connectivity index (χ2n) is 7.04. The molecule has 1 amide bonds. The molecule has 8 heteroatoms. The average molecular weight is 448 g/mol. The summed E-state index contributed by atoms with van der Waals surface area (Å²) in [5, 5.41) is 14.0. The van der Waals surface area contributed by atoms with Gasteiger partial charge in [0.05, 0.1) is 31.8 Å². The van der Waals surface area contributed by atoms with Crippen LogP contribution < -0.4 is 24.6 Å². The Bertz CT molecular complexity index is 1110. The number of carboxylic acid groups (broad SMARTS) is 1. The molecule has 1 atom stereocenters. The van der Waals surface area contributed by atoms with Crippen molar-refractivity contribution in [1.82, 2.24) is 5.32 Å². The lowest BCUT2D eigenvalue weighted by Gasteiger charge is -2.20. The van der Waals surface area contributed by atoms with E-state index in [2.05, 4.69) is 5.32 Å². The van der Waals surface area contributed by atoms with Crippen molar-refractivity contribution in [2.45, 2.75) is 12.5 Å². The van der Waals surface area contributed by atoms with Gasteiger partial charge < -0.3 is 29.4 Å². The predicted octanol–water partition coefficient (Wildman–Crippen LogP) is 2.01. The molecule has 3 rings (SSSR count). The van der Waals surface area contributed by atoms with Gasteiger partial charge in [-0.3, -0.25) is 4.79 Å². The van der Waals surface area contributed by atoms with Crippen molar-refractivity contribution in [2.75, 3.05) is 14.2 Å². The van der Waals surface area contributed by atoms with Crippen LogP contribution in [-0.4, -0.2) is 38.1 Å². The van der Waals surface area contributed by atoms with Crippen molar-refractivity contribution in [3.8, 4) is 17.2 Å². The van der Waals surface area contributed by atoms with Gasteiger partial charge in [0.2, 0.25) is 0 Å². The van der Waals surface area contributed by atoms with E-state index < -0.39 is 23.9 Å². The van der Waals surface area contributed by atoms with Crippen molar-refractivity contribution in [1.29, 1.82) is 0 Å². The summed E-state index contributed by atoms with van der Waals surface area (Å²) in [6.07, 6.45) is -0.00304. The Balaban J connectivity index is 1.61. The Labute approximate surface area is 190 Å². The number of carbonyl (C=O) groups excluding carboxylic acids is 3. The molecule has 0 fully saturated rings. The van der Waals surface area contributed by atoms with Crippen LogP contribution in [0, 0.1) is 0 Å². The molecule has 170 valence electrons. The van der Waals surface area contributed by atoms with Crippen LogP contribution in [0.1, 0.15) is 26.3 Å². The summed E-state index contributed by atoms with van der Waals surface area (Å²) in [6, 6.07) is 17.9. The molecule has 3 aromatic carbocycles. The molecule has 33 heavy (non-hydrogen) atoms. The number of benzene rings is 3. The summed E-state index contributed by atoms with van der Waals surface area (Å²) in [7, 11) is 3.04. The Morgan fingerprint density at radius 3 is 1.73 bits per heavy atom. The number of aliphatic carboxylic acids is 1. The number of carbonyl (C=O) groups is 3. The quantitative estimate of drug-likeness (QED) is 0.393. The minimum absolute atomic E-state index is 0.00304. The first kappa shape index (κ1) is 23.3. The summed E-state index contributed by atoms with van der Waals surface area (Å²) in [5.41, 5.74) is 1.27. The van der Waals surface area contributed by atoms with Gasteiger partial charge in [0.1, 0.15) is 17.2 Å². The van der Waals surface area contributed by atoms with E-state index in [1.165, 1.54) is 26.4 Å². The average Bonchev–Trinajstić information content (AvgIpc) is 2.84. The molecule has 1 unspecified atom stereocenters. The standard InChI is InChI=1S/C25H23NO7/c1-31-19-11-5-17(6-12-19)23(27)26-22(24(28)29)15-16-3-9-21(10-4-16)33-25(30)18-7-13-20(32-2)14-8-18/h3-14,22H,15H2,1-2H3,(H,26,27)(H,28,29)/p-1. The van der Waals surface area contributed by atoms with Gasteiger partial charge in [0.15, 0.2) is 0 Å². The van der Waals surface area contributed by atoms with E-state index in [4.69, 9.17) is 14.2 Å². The number of hydrogen-bond acceptors (Lipinski definition) is 7. The highest BCUT2D eigenvalue weighted by Crippen LogP contribution is 2.17. The zero-order chi connectivity index (χ0) is 23.8. The van der Waals surface area contributed by atoms with Gasteiger partial charge in [0.25, 0.3) is 5.91 Å². The number of amides is 1. The molecule has 0 aromatic heterocycles. The number of esters is 1. The molecule has 0 bridgehead atoms. The molecule has 0 aliphatic rings. The minimum Gasteiger partial charge on any atom is -0.548 e. The third-order valence-electron chi connectivity index (χ3n) is 4.84. The maximum Gasteiger partial charge on any atom is 0.343 e. The van der Waals surface area contributed by atoms with Gasteiger partial charge >= 0.3 is 5.97 Å². The van der Waals surface area contributed by atoms with E-state index in [-0.39, 0.29) is 6.42 Å². The van der Waals surface area contributed by atoms with Crippen LogP contribution in [0.25, 0.3) is 0 Å². The van der Waals surface area contributed by atoms with Crippen LogP contribution in [0.5, 0.6) is 17.2 Å². The lowest BCUT2D eigenvalue weighted by Crippen LogP contribution is -2.49. The van der Waals surface area contributed by atoms with Gasteiger partial charge in [-0.2, -0.15) is 0 Å². The van der Waals surface area contributed by atoms with Crippen molar-refractivity contribution in [2.24, 2.45) is 0 Å². The van der Waals surface area contributed by atoms with Crippen LogP contribution in [0.3, 0.4) is 0 Å². The monoisotopic (exact) mass is 448 g/mol. The highest BCUT2D eigenvalue weighted by molar-refractivity contribution is 5.96. The van der Waals surface area contributed by atoms with Crippen LogP contribution in [0.15, 0.2) is 72.8 Å². The largest absolute Gasteiger partial charge is 0.548 e. The number of carboxylic acids is 1. The van der Waals surface area contributed by atoms with Gasteiger partial charge in [-0.15, -0.1) is 0 Å². The van der Waals surface area contributed by atoms with Gasteiger partial charge in [-0.25, -0.2) is 4.79 Å². The smallest absolute Gasteiger partial charge is 0.343 e. The molecular formula is C25H22NO7-. The van der Waals surface area contributed by atoms with Gasteiger partial charge in [0, 0.05) is 5.56 Å². The second-order valence-corrected chi connectivity index (χ2v) is 7.04. The number of nitrogens with one attached hydrogen (secondary N) is 1. The fourth-order valence-electron chi connectivity index (χ4n) is 3.00. The van der Waals surface area contributed by atoms with E-state index in [9.17, 15) is 19.5 Å². The van der Waals surface area contributed by atoms with E-state index in [1.54, 1.807) is 60.7 Å². The molecule has 0 radical (unpaired) electrons. The van der Waals surface area contributed by atoms with Crippen molar-refractivity contribution >= 4 is 17.8 Å². The van der Waals surface area contributed by atoms with Crippen LogP contribution in [0.4, 0.5) is 0 Å². The van der Waals surface area contributed by atoms with Crippen molar-refractivity contribution < 1.29 is 33.7 Å². The minimum atomic E-state index is -1.41. The number of methoxy groups -OCH3 is 2. The maximum atomic E-state index is 12.4. The summed E-state index contributed by atoms with van der Waals surface area (Å²) >= 11 is 0. The highest BCUT2D eigenvalue weighted by atomic mass is 16.5. The van der Waals surface area contributed by atoms with Crippen LogP contribution in [-0.2, 0) is 11.2 Å². The summed E-state index contributed by atoms with van der Waals surface area (Å²) in [4.78, 5) is 36.2. The third kappa shape index (κ3) is 6.33. The molecule has 0 aliphatic carbocycles. The molecule has 8 nitrogen and oxygen atoms in total. The summed E-state index contributed by atoms with van der Waals surface area (Å²) in [6.45, 7) is 0. The zero-order valence-corrected chi connectivity index (χ0v) is 18.1. The van der Waals surface area contributed by atoms with Crippen LogP contribution in [0.2, 0.25) is 0 Å². The Hall–Kier alpha value is -4.33. The fraction of sp³-hybridized carbons (Fsp3) is 0.160. The first-order valence-corrected chi connectivity index (χ1v) is 10.0. The third-order valence-corrected chi connectivity index (χ3v) is 4.84. The van der Waals surface area contributed by atoms with E-state index >= 15 is 0 Å². The maximum absolute atomic E-state index is 12.4. The molecule has 0 spiro atoms. The molecule has 0 saturated heterocycles.